The molecular weight excluding hydrogens is 551 g/mol. The van der Waals surface area contributed by atoms with Gasteiger partial charge in [0, 0.05) is 10.6 Å². The van der Waals surface area contributed by atoms with Crippen molar-refractivity contribution in [3.8, 4) is 5.75 Å². The van der Waals surface area contributed by atoms with Gasteiger partial charge < -0.3 is 14.6 Å². The SMILES string of the molecule is COC(=O)c1ccc(N2C(=O)NC(=O)/C(=C\c3cc(Cl)cc(Cl)c3OCc3ccc(C(=O)O)cc3)C2=O)cc1. The molecule has 2 N–H and O–H groups in total. The van der Waals surface area contributed by atoms with E-state index in [-0.39, 0.29) is 44.8 Å². The molecule has 0 radical (unpaired) electrons. The van der Waals surface area contributed by atoms with Crippen LogP contribution in [0.5, 0.6) is 5.75 Å². The van der Waals surface area contributed by atoms with Crippen LogP contribution in [0.25, 0.3) is 6.08 Å². The standard InChI is InChI=1S/C27H18Cl2N2O8/c1-38-26(36)16-6-8-19(9-7-16)31-24(33)20(23(32)30-27(31)37)11-17-10-18(28)12-21(29)22(17)39-13-14-2-4-15(5-3-14)25(34)35/h2-12H,13H2,1H3,(H,34,35)(H,30,32,37)/b20-11+. The summed E-state index contributed by atoms with van der Waals surface area (Å²) in [5, 5.41) is 11.5. The van der Waals surface area contributed by atoms with Crippen LogP contribution in [0.1, 0.15) is 31.8 Å². The van der Waals surface area contributed by atoms with E-state index in [2.05, 4.69) is 10.1 Å². The minimum atomic E-state index is -1.07. The van der Waals surface area contributed by atoms with Crippen molar-refractivity contribution in [3.05, 3.63) is 98.5 Å². The molecule has 1 saturated heterocycles. The van der Waals surface area contributed by atoms with Crippen molar-refractivity contribution in [2.24, 2.45) is 0 Å². The van der Waals surface area contributed by atoms with Gasteiger partial charge in [0.2, 0.25) is 0 Å². The number of hydrogen-bond acceptors (Lipinski definition) is 7. The molecule has 39 heavy (non-hydrogen) atoms. The highest BCUT2D eigenvalue weighted by molar-refractivity contribution is 6.40. The topological polar surface area (TPSA) is 139 Å². The lowest BCUT2D eigenvalue weighted by molar-refractivity contribution is -0.122. The highest BCUT2D eigenvalue weighted by atomic mass is 35.5. The molecule has 4 rings (SSSR count). The molecule has 0 unspecified atom stereocenters. The van der Waals surface area contributed by atoms with Crippen molar-refractivity contribution in [1.82, 2.24) is 5.32 Å². The summed E-state index contributed by atoms with van der Waals surface area (Å²) in [5.74, 6) is -3.45. The van der Waals surface area contributed by atoms with Crippen LogP contribution in [0.4, 0.5) is 10.5 Å². The summed E-state index contributed by atoms with van der Waals surface area (Å²) in [6.45, 7) is -0.0191. The number of nitrogens with zero attached hydrogens (tertiary/aromatic N) is 1. The number of urea groups is 1. The zero-order chi connectivity index (χ0) is 28.3. The minimum absolute atomic E-state index is 0.0191. The van der Waals surface area contributed by atoms with Crippen LogP contribution in [0.2, 0.25) is 10.0 Å². The molecule has 1 aliphatic rings. The molecule has 1 aliphatic heterocycles. The van der Waals surface area contributed by atoms with Gasteiger partial charge in [-0.15, -0.1) is 0 Å². The first kappa shape index (κ1) is 27.4. The predicted molar refractivity (Wildman–Crippen MR) is 141 cm³/mol. The van der Waals surface area contributed by atoms with Crippen molar-refractivity contribution in [2.75, 3.05) is 12.0 Å². The molecule has 0 bridgehead atoms. The lowest BCUT2D eigenvalue weighted by Gasteiger charge is -2.26. The van der Waals surface area contributed by atoms with Crippen molar-refractivity contribution < 1.29 is 38.6 Å². The van der Waals surface area contributed by atoms with Crippen LogP contribution in [0.15, 0.2) is 66.2 Å². The van der Waals surface area contributed by atoms with Crippen LogP contribution < -0.4 is 15.0 Å². The third-order valence-electron chi connectivity index (χ3n) is 5.57. The van der Waals surface area contributed by atoms with E-state index in [0.29, 0.717) is 5.56 Å². The largest absolute Gasteiger partial charge is 0.487 e. The lowest BCUT2D eigenvalue weighted by atomic mass is 10.1. The van der Waals surface area contributed by atoms with Gasteiger partial charge >= 0.3 is 18.0 Å². The molecule has 12 heteroatoms. The zero-order valence-electron chi connectivity index (χ0n) is 20.1. The second kappa shape index (κ2) is 11.4. The number of esters is 1. The lowest BCUT2D eigenvalue weighted by Crippen LogP contribution is -2.54. The second-order valence-corrected chi connectivity index (χ2v) is 8.94. The van der Waals surface area contributed by atoms with E-state index in [1.165, 1.54) is 61.7 Å². The molecule has 3 aromatic rings. The first-order chi connectivity index (χ1) is 18.6. The summed E-state index contributed by atoms with van der Waals surface area (Å²) in [7, 11) is 1.22. The zero-order valence-corrected chi connectivity index (χ0v) is 21.6. The van der Waals surface area contributed by atoms with Crippen LogP contribution in [-0.2, 0) is 20.9 Å². The molecule has 0 aromatic heterocycles. The maximum absolute atomic E-state index is 13.3. The molecule has 1 fully saturated rings. The first-order valence-corrected chi connectivity index (χ1v) is 11.9. The van der Waals surface area contributed by atoms with Crippen LogP contribution in [0.3, 0.4) is 0 Å². The second-order valence-electron chi connectivity index (χ2n) is 8.09. The summed E-state index contributed by atoms with van der Waals surface area (Å²) >= 11 is 12.5. The third kappa shape index (κ3) is 5.92. The molecule has 1 heterocycles. The number of methoxy groups -OCH3 is 1. The number of barbiturate groups is 1. The minimum Gasteiger partial charge on any atom is -0.487 e. The van der Waals surface area contributed by atoms with Crippen molar-refractivity contribution in [2.45, 2.75) is 6.61 Å². The van der Waals surface area contributed by atoms with E-state index in [0.717, 1.165) is 4.90 Å². The fourth-order valence-electron chi connectivity index (χ4n) is 3.65. The number of benzene rings is 3. The van der Waals surface area contributed by atoms with Gasteiger partial charge in [0.15, 0.2) is 0 Å². The average molecular weight is 569 g/mol. The quantitative estimate of drug-likeness (QED) is 0.237. The van der Waals surface area contributed by atoms with Crippen molar-refractivity contribution in [3.63, 3.8) is 0 Å². The number of aromatic carboxylic acids is 1. The number of carboxylic acids is 1. The van der Waals surface area contributed by atoms with E-state index >= 15 is 0 Å². The number of hydrogen-bond donors (Lipinski definition) is 2. The molecule has 4 amide bonds. The molecule has 10 nitrogen and oxygen atoms in total. The molecule has 0 aliphatic carbocycles. The van der Waals surface area contributed by atoms with Crippen molar-refractivity contribution >= 4 is 64.7 Å². The smallest absolute Gasteiger partial charge is 0.337 e. The van der Waals surface area contributed by atoms with E-state index in [9.17, 15) is 24.0 Å². The Bertz CT molecular complexity index is 1530. The van der Waals surface area contributed by atoms with Crippen LogP contribution >= 0.6 is 23.2 Å². The van der Waals surface area contributed by atoms with Gasteiger partial charge in [-0.05, 0) is 60.2 Å². The molecule has 3 aromatic carbocycles. The number of imide groups is 2. The van der Waals surface area contributed by atoms with E-state index in [4.69, 9.17) is 33.0 Å². The monoisotopic (exact) mass is 568 g/mol. The van der Waals surface area contributed by atoms with Gasteiger partial charge in [-0.1, -0.05) is 35.3 Å². The Morgan fingerprint density at radius 3 is 2.23 bits per heavy atom. The highest BCUT2D eigenvalue weighted by Crippen LogP contribution is 2.35. The molecule has 198 valence electrons. The Kier molecular flexibility index (Phi) is 7.99. The maximum atomic E-state index is 13.3. The maximum Gasteiger partial charge on any atom is 0.337 e. The predicted octanol–water partition coefficient (Wildman–Crippen LogP) is 4.72. The highest BCUT2D eigenvalue weighted by Gasteiger charge is 2.37. The third-order valence-corrected chi connectivity index (χ3v) is 6.07. The Morgan fingerprint density at radius 1 is 0.974 bits per heavy atom. The summed E-state index contributed by atoms with van der Waals surface area (Å²) in [4.78, 5) is 62.0. The Labute approximate surface area is 231 Å². The number of ether oxygens (including phenoxy) is 2. The Morgan fingerprint density at radius 2 is 1.62 bits per heavy atom. The summed E-state index contributed by atoms with van der Waals surface area (Å²) in [5.41, 5.74) is 0.821. The number of rotatable bonds is 7. The number of carbonyl (C=O) groups excluding carboxylic acids is 4. The number of nitrogens with one attached hydrogen (secondary N) is 1. The summed E-state index contributed by atoms with van der Waals surface area (Å²) in [6.07, 6.45) is 1.19. The van der Waals surface area contributed by atoms with Gasteiger partial charge in [-0.3, -0.25) is 14.9 Å². The molecule has 0 atom stereocenters. The Balaban J connectivity index is 1.66. The van der Waals surface area contributed by atoms with Crippen molar-refractivity contribution in [1.29, 1.82) is 0 Å². The van der Waals surface area contributed by atoms with E-state index in [1.54, 1.807) is 12.1 Å². The van der Waals surface area contributed by atoms with E-state index < -0.39 is 35.4 Å². The van der Waals surface area contributed by atoms with Gasteiger partial charge in [0.1, 0.15) is 17.9 Å². The molecule has 0 spiro atoms. The van der Waals surface area contributed by atoms with Gasteiger partial charge in [-0.25, -0.2) is 19.3 Å². The van der Waals surface area contributed by atoms with Crippen LogP contribution in [-0.4, -0.2) is 42.0 Å². The molecular formula is C27H18Cl2N2O8. The fraction of sp³-hybridized carbons (Fsp3) is 0.0741. The number of carboxylic acid groups (broad SMARTS) is 1. The van der Waals surface area contributed by atoms with E-state index in [1.807, 2.05) is 0 Å². The number of halogens is 2. The average Bonchev–Trinajstić information content (AvgIpc) is 2.90. The number of carbonyl (C=O) groups is 5. The number of amides is 4. The summed E-state index contributed by atoms with van der Waals surface area (Å²) < 4.78 is 10.5. The Hall–Kier alpha value is -4.67. The van der Waals surface area contributed by atoms with Gasteiger partial charge in [-0.2, -0.15) is 0 Å². The summed E-state index contributed by atoms with van der Waals surface area (Å²) in [6, 6.07) is 13.3. The fourth-order valence-corrected chi connectivity index (χ4v) is 4.21. The van der Waals surface area contributed by atoms with Gasteiger partial charge in [0.25, 0.3) is 11.8 Å². The molecule has 0 saturated carbocycles. The van der Waals surface area contributed by atoms with Crippen LogP contribution in [0, 0.1) is 0 Å². The van der Waals surface area contributed by atoms with Gasteiger partial charge in [0.05, 0.1) is 28.9 Å². The normalized spacial score (nSPS) is 14.3. The first-order valence-electron chi connectivity index (χ1n) is 11.1. The number of anilines is 1.